The minimum absolute atomic E-state index is 0. The molecule has 1 aliphatic rings. The first kappa shape index (κ1) is 27.8. The van der Waals surface area contributed by atoms with E-state index >= 15 is 0 Å². The molecule has 2 rings (SSSR count). The summed E-state index contributed by atoms with van der Waals surface area (Å²) >= 11 is 0. The topological polar surface area (TPSA) is 230 Å². The molecule has 6 atom stereocenters. The first-order valence-electron chi connectivity index (χ1n) is 6.46. The molecule has 27 heavy (non-hydrogen) atoms. The SMILES string of the molecule is Nc1ccn([C@@H]2O[C@H](COP(=O)([O-])OP(=O)([O-])O)[C@@H](O)C2O)c(=O)n1.[Na+].[Na+]. The molecule has 0 spiro atoms. The molecule has 3 unspecified atom stereocenters. The molecule has 0 amide bonds. The van der Waals surface area contributed by atoms with Crippen LogP contribution in [0.2, 0.25) is 0 Å². The van der Waals surface area contributed by atoms with E-state index in [-0.39, 0.29) is 64.9 Å². The quantitative estimate of drug-likeness (QED) is 0.235. The molecule has 1 fully saturated rings. The van der Waals surface area contributed by atoms with Gasteiger partial charge in [0.1, 0.15) is 24.1 Å². The maximum absolute atomic E-state index is 11.7. The van der Waals surface area contributed by atoms with Gasteiger partial charge in [0, 0.05) is 6.20 Å². The van der Waals surface area contributed by atoms with Crippen LogP contribution < -0.4 is 80.3 Å². The monoisotopic (exact) mass is 447 g/mol. The van der Waals surface area contributed by atoms with Crippen molar-refractivity contribution < 1.29 is 107 Å². The summed E-state index contributed by atoms with van der Waals surface area (Å²) in [5.41, 5.74) is 4.42. The number of ether oxygens (including phenoxy) is 1. The number of rotatable bonds is 6. The van der Waals surface area contributed by atoms with Gasteiger partial charge < -0.3 is 39.9 Å². The first-order valence-corrected chi connectivity index (χ1v) is 9.42. The Morgan fingerprint density at radius 2 is 1.89 bits per heavy atom. The molecule has 0 aromatic carbocycles. The van der Waals surface area contributed by atoms with Gasteiger partial charge in [0.25, 0.3) is 15.6 Å². The zero-order valence-electron chi connectivity index (χ0n) is 14.1. The third kappa shape index (κ3) is 7.87. The summed E-state index contributed by atoms with van der Waals surface area (Å²) in [6.07, 6.45) is -5.12. The fourth-order valence-corrected chi connectivity index (χ4v) is 3.56. The molecule has 14 nitrogen and oxygen atoms in total. The van der Waals surface area contributed by atoms with Crippen molar-refractivity contribution >= 4 is 21.5 Å². The van der Waals surface area contributed by atoms with Crippen molar-refractivity contribution in [1.29, 1.82) is 0 Å². The van der Waals surface area contributed by atoms with E-state index in [0.29, 0.717) is 0 Å². The summed E-state index contributed by atoms with van der Waals surface area (Å²) < 4.78 is 35.1. The molecule has 5 N–H and O–H groups in total. The van der Waals surface area contributed by atoms with Gasteiger partial charge in [-0.05, 0) is 6.07 Å². The summed E-state index contributed by atoms with van der Waals surface area (Å²) in [7, 11) is -11.1. The average molecular weight is 447 g/mol. The van der Waals surface area contributed by atoms with Gasteiger partial charge in [-0.2, -0.15) is 4.98 Å². The second-order valence-corrected chi connectivity index (χ2v) is 7.62. The Kier molecular flexibility index (Phi) is 11.1. The first-order chi connectivity index (χ1) is 11.4. The van der Waals surface area contributed by atoms with Crippen molar-refractivity contribution in [3.63, 3.8) is 0 Å². The predicted octanol–water partition coefficient (Wildman–Crippen LogP) is -9.59. The number of nitrogen functional groups attached to an aromatic ring is 1. The number of nitrogens with zero attached hydrogens (tertiary/aromatic N) is 2. The van der Waals surface area contributed by atoms with Crippen LogP contribution in [0.15, 0.2) is 17.1 Å². The number of phosphoric ester groups is 1. The van der Waals surface area contributed by atoms with Crippen molar-refractivity contribution in [3.8, 4) is 0 Å². The Balaban J connectivity index is 0.00000338. The molecule has 1 aromatic heterocycles. The number of aliphatic hydroxyl groups is 2. The summed E-state index contributed by atoms with van der Waals surface area (Å²) in [4.78, 5) is 45.1. The predicted molar refractivity (Wildman–Crippen MR) is 73.3 cm³/mol. The van der Waals surface area contributed by atoms with E-state index in [1.165, 1.54) is 6.07 Å². The Morgan fingerprint density at radius 3 is 2.41 bits per heavy atom. The van der Waals surface area contributed by atoms with E-state index in [1.807, 2.05) is 0 Å². The molecule has 0 aliphatic carbocycles. The number of aromatic nitrogens is 2. The molecule has 1 saturated heterocycles. The number of hydrogen-bond acceptors (Lipinski definition) is 12. The fraction of sp³-hybridized carbons (Fsp3) is 0.556. The van der Waals surface area contributed by atoms with E-state index in [4.69, 9.17) is 15.4 Å². The van der Waals surface area contributed by atoms with Gasteiger partial charge in [0.2, 0.25) is 0 Å². The van der Waals surface area contributed by atoms with Crippen molar-refractivity contribution in [2.45, 2.75) is 24.5 Å². The van der Waals surface area contributed by atoms with Crippen LogP contribution in [0.3, 0.4) is 0 Å². The van der Waals surface area contributed by atoms with Gasteiger partial charge >= 0.3 is 64.8 Å². The van der Waals surface area contributed by atoms with E-state index < -0.39 is 52.5 Å². The Hall–Kier alpha value is 0.820. The summed E-state index contributed by atoms with van der Waals surface area (Å²) in [5.74, 6) is -0.0929. The van der Waals surface area contributed by atoms with Crippen LogP contribution in [-0.4, -0.2) is 49.6 Å². The van der Waals surface area contributed by atoms with Gasteiger partial charge in [-0.25, -0.2) is 9.11 Å². The number of aliphatic hydroxyl groups excluding tert-OH is 2. The zero-order chi connectivity index (χ0) is 19.0. The van der Waals surface area contributed by atoms with Crippen molar-refractivity contribution in [2.24, 2.45) is 0 Å². The minimum atomic E-state index is -5.62. The van der Waals surface area contributed by atoms with Crippen LogP contribution in [0.1, 0.15) is 6.23 Å². The van der Waals surface area contributed by atoms with Crippen LogP contribution in [-0.2, 0) is 22.7 Å². The van der Waals surface area contributed by atoms with E-state index in [2.05, 4.69) is 13.8 Å². The Labute approximate surface area is 196 Å². The Morgan fingerprint density at radius 1 is 1.30 bits per heavy atom. The molecule has 18 heteroatoms. The fourth-order valence-electron chi connectivity index (χ4n) is 2.03. The smallest absolute Gasteiger partial charge is 0.756 e. The summed E-state index contributed by atoms with van der Waals surface area (Å²) in [5, 5.41) is 19.8. The summed E-state index contributed by atoms with van der Waals surface area (Å²) in [6, 6.07) is 1.22. The largest absolute Gasteiger partial charge is 1.00 e. The van der Waals surface area contributed by atoms with Gasteiger partial charge in [0.05, 0.1) is 6.61 Å². The normalized spacial score (nSPS) is 29.1. The van der Waals surface area contributed by atoms with Crippen molar-refractivity contribution in [1.82, 2.24) is 9.55 Å². The number of hydrogen-bond donors (Lipinski definition) is 4. The van der Waals surface area contributed by atoms with Gasteiger partial charge in [-0.15, -0.1) is 0 Å². The third-order valence-corrected chi connectivity index (χ3v) is 5.15. The molecule has 1 aromatic rings. The van der Waals surface area contributed by atoms with Gasteiger partial charge in [-0.3, -0.25) is 13.7 Å². The van der Waals surface area contributed by atoms with Crippen LogP contribution in [0.25, 0.3) is 0 Å². The van der Waals surface area contributed by atoms with Gasteiger partial charge in [-0.1, -0.05) is 0 Å². The maximum atomic E-state index is 11.7. The molecule has 2 heterocycles. The zero-order valence-corrected chi connectivity index (χ0v) is 19.9. The summed E-state index contributed by atoms with van der Waals surface area (Å²) in [6.45, 7) is -0.966. The van der Waals surface area contributed by atoms with E-state index in [0.717, 1.165) is 10.8 Å². The average Bonchev–Trinajstić information content (AvgIpc) is 2.71. The molecule has 0 radical (unpaired) electrons. The molecule has 0 bridgehead atoms. The van der Waals surface area contributed by atoms with Crippen molar-refractivity contribution in [2.75, 3.05) is 12.3 Å². The van der Waals surface area contributed by atoms with Crippen LogP contribution in [0.4, 0.5) is 5.82 Å². The third-order valence-electron chi connectivity index (χ3n) is 3.06. The number of nitrogens with two attached hydrogens (primary N) is 1. The minimum Gasteiger partial charge on any atom is -0.756 e. The van der Waals surface area contributed by atoms with E-state index in [1.54, 1.807) is 0 Å². The van der Waals surface area contributed by atoms with Crippen LogP contribution in [0, 0.1) is 0 Å². The standard InChI is InChI=1S/C9H15N3O11P2.2Na/c10-5-1-2-12(9(15)11-5)8-7(14)6(13)4(22-8)3-21-25(19,20)23-24(16,17)18;;/h1-2,4,6-8,13-14H,3H2,(H,19,20)(H2,10,11,15)(H2,16,17,18);;/q;2*+1/p-2/t4-,6-,7?,8-;;/m1../s1. The van der Waals surface area contributed by atoms with Crippen LogP contribution in [0.5, 0.6) is 0 Å². The second-order valence-electron chi connectivity index (χ2n) is 4.88. The Bertz CT molecular complexity index is 789. The molecular weight excluding hydrogens is 434 g/mol. The molecule has 142 valence electrons. The second kappa shape index (κ2) is 10.7. The van der Waals surface area contributed by atoms with Gasteiger partial charge in [0.15, 0.2) is 6.23 Å². The van der Waals surface area contributed by atoms with Crippen molar-refractivity contribution in [3.05, 3.63) is 22.7 Å². The van der Waals surface area contributed by atoms with E-state index in [9.17, 15) is 33.9 Å². The number of anilines is 1. The number of phosphoric acid groups is 2. The van der Waals surface area contributed by atoms with Crippen LogP contribution >= 0.6 is 15.6 Å². The molecule has 0 saturated carbocycles. The molecular formula is C9H13N3Na2O11P2. The molecule has 1 aliphatic heterocycles. The maximum Gasteiger partial charge on any atom is 1.00 e.